The van der Waals surface area contributed by atoms with Crippen LogP contribution in [0.4, 0.5) is 0 Å². The van der Waals surface area contributed by atoms with E-state index in [1.807, 2.05) is 0 Å². The molecule has 1 fully saturated rings. The molecule has 0 aliphatic carbocycles. The molecular formula is C13H28N4O. The topological polar surface area (TPSA) is 61.6 Å². The van der Waals surface area contributed by atoms with E-state index in [-0.39, 0.29) is 5.91 Å². The van der Waals surface area contributed by atoms with E-state index in [2.05, 4.69) is 29.0 Å². The number of hydrogen-bond acceptors (Lipinski definition) is 4. The average Bonchev–Trinajstić information content (AvgIpc) is 2.39. The molecule has 5 nitrogen and oxygen atoms in total. The number of unbranched alkanes of at least 4 members (excludes halogenated alkanes) is 1. The molecule has 1 rings (SSSR count). The van der Waals surface area contributed by atoms with Crippen molar-refractivity contribution in [2.24, 2.45) is 5.73 Å². The Kier molecular flexibility index (Phi) is 7.23. The standard InChI is InChI=1S/C13H28N4O/c1-3-4-5-15-13(18)11-16-6-8-17(9-7-16)12(2)10-14/h12H,3-11,14H2,1-2H3,(H,15,18). The molecule has 0 aromatic rings. The number of carbonyl (C=O) groups excluding carboxylic acids is 1. The van der Waals surface area contributed by atoms with Crippen LogP contribution in [0.1, 0.15) is 26.7 Å². The Morgan fingerprint density at radius 3 is 2.56 bits per heavy atom. The summed E-state index contributed by atoms with van der Waals surface area (Å²) in [5.74, 6) is 0.156. The van der Waals surface area contributed by atoms with Crippen molar-refractivity contribution in [3.63, 3.8) is 0 Å². The van der Waals surface area contributed by atoms with Gasteiger partial charge < -0.3 is 11.1 Å². The summed E-state index contributed by atoms with van der Waals surface area (Å²) >= 11 is 0. The van der Waals surface area contributed by atoms with Gasteiger partial charge in [-0.1, -0.05) is 13.3 Å². The molecule has 3 N–H and O–H groups in total. The zero-order valence-corrected chi connectivity index (χ0v) is 11.8. The molecule has 18 heavy (non-hydrogen) atoms. The Morgan fingerprint density at radius 1 is 1.33 bits per heavy atom. The van der Waals surface area contributed by atoms with Crippen LogP contribution in [-0.2, 0) is 4.79 Å². The Morgan fingerprint density at radius 2 is 2.00 bits per heavy atom. The summed E-state index contributed by atoms with van der Waals surface area (Å²) in [4.78, 5) is 16.3. The van der Waals surface area contributed by atoms with Gasteiger partial charge >= 0.3 is 0 Å². The number of amides is 1. The highest BCUT2D eigenvalue weighted by Crippen LogP contribution is 2.05. The monoisotopic (exact) mass is 256 g/mol. The summed E-state index contributed by atoms with van der Waals surface area (Å²) in [6.07, 6.45) is 2.18. The first kappa shape index (κ1) is 15.4. The van der Waals surface area contributed by atoms with Gasteiger partial charge in [0, 0.05) is 45.3 Å². The first-order valence-corrected chi connectivity index (χ1v) is 7.10. The lowest BCUT2D eigenvalue weighted by molar-refractivity contribution is -0.122. The van der Waals surface area contributed by atoms with Crippen molar-refractivity contribution < 1.29 is 4.79 Å². The Hall–Kier alpha value is -0.650. The lowest BCUT2D eigenvalue weighted by Gasteiger charge is -2.37. The molecule has 1 amide bonds. The van der Waals surface area contributed by atoms with Crippen LogP contribution in [0.5, 0.6) is 0 Å². The molecular weight excluding hydrogens is 228 g/mol. The molecule has 0 spiro atoms. The smallest absolute Gasteiger partial charge is 0.234 e. The quantitative estimate of drug-likeness (QED) is 0.623. The van der Waals surface area contributed by atoms with Crippen molar-refractivity contribution in [3.8, 4) is 0 Å². The fourth-order valence-electron chi connectivity index (χ4n) is 2.17. The highest BCUT2D eigenvalue weighted by molar-refractivity contribution is 5.77. The van der Waals surface area contributed by atoms with Gasteiger partial charge in [-0.3, -0.25) is 14.6 Å². The molecule has 1 atom stereocenters. The van der Waals surface area contributed by atoms with Gasteiger partial charge in [-0.05, 0) is 13.3 Å². The fourth-order valence-corrected chi connectivity index (χ4v) is 2.17. The van der Waals surface area contributed by atoms with Gasteiger partial charge in [-0.15, -0.1) is 0 Å². The lowest BCUT2D eigenvalue weighted by atomic mass is 10.2. The van der Waals surface area contributed by atoms with E-state index in [1.54, 1.807) is 0 Å². The molecule has 1 heterocycles. The van der Waals surface area contributed by atoms with Crippen LogP contribution >= 0.6 is 0 Å². The molecule has 1 aliphatic heterocycles. The number of nitrogens with two attached hydrogens (primary N) is 1. The van der Waals surface area contributed by atoms with Crippen LogP contribution in [-0.4, -0.2) is 67.6 Å². The van der Waals surface area contributed by atoms with Crippen molar-refractivity contribution in [2.45, 2.75) is 32.7 Å². The van der Waals surface area contributed by atoms with Gasteiger partial charge in [0.05, 0.1) is 6.54 Å². The van der Waals surface area contributed by atoms with Crippen LogP contribution < -0.4 is 11.1 Å². The van der Waals surface area contributed by atoms with Gasteiger partial charge in [0.25, 0.3) is 0 Å². The van der Waals surface area contributed by atoms with Gasteiger partial charge in [0.2, 0.25) is 5.91 Å². The van der Waals surface area contributed by atoms with Gasteiger partial charge in [-0.2, -0.15) is 0 Å². The number of nitrogens with zero attached hydrogens (tertiary/aromatic N) is 2. The molecule has 1 unspecified atom stereocenters. The lowest BCUT2D eigenvalue weighted by Crippen LogP contribution is -2.53. The minimum absolute atomic E-state index is 0.156. The molecule has 1 aliphatic rings. The number of piperazine rings is 1. The molecule has 0 saturated carbocycles. The summed E-state index contributed by atoms with van der Waals surface area (Å²) in [7, 11) is 0. The van der Waals surface area contributed by atoms with E-state index in [9.17, 15) is 4.79 Å². The van der Waals surface area contributed by atoms with E-state index >= 15 is 0 Å². The van der Waals surface area contributed by atoms with Crippen LogP contribution in [0.2, 0.25) is 0 Å². The first-order valence-electron chi connectivity index (χ1n) is 7.10. The van der Waals surface area contributed by atoms with E-state index in [0.29, 0.717) is 19.1 Å². The Bertz CT molecular complexity index is 239. The SMILES string of the molecule is CCCCNC(=O)CN1CCN(C(C)CN)CC1. The van der Waals surface area contributed by atoms with E-state index in [1.165, 1.54) is 0 Å². The maximum absolute atomic E-state index is 11.7. The van der Waals surface area contributed by atoms with Crippen LogP contribution in [0.15, 0.2) is 0 Å². The van der Waals surface area contributed by atoms with Gasteiger partial charge in [0.1, 0.15) is 0 Å². The Labute approximate surface area is 111 Å². The van der Waals surface area contributed by atoms with Crippen LogP contribution in [0.3, 0.4) is 0 Å². The van der Waals surface area contributed by atoms with Crippen molar-refractivity contribution in [3.05, 3.63) is 0 Å². The van der Waals surface area contributed by atoms with Gasteiger partial charge in [0.15, 0.2) is 0 Å². The highest BCUT2D eigenvalue weighted by Gasteiger charge is 2.21. The molecule has 0 aromatic carbocycles. The summed E-state index contributed by atoms with van der Waals surface area (Å²) in [5, 5.41) is 2.96. The fraction of sp³-hybridized carbons (Fsp3) is 0.923. The normalized spacial score (nSPS) is 19.7. The zero-order valence-electron chi connectivity index (χ0n) is 11.8. The summed E-state index contributed by atoms with van der Waals surface area (Å²) in [6.45, 7) is 10.3. The number of nitrogens with one attached hydrogen (secondary N) is 1. The van der Waals surface area contributed by atoms with Crippen LogP contribution in [0.25, 0.3) is 0 Å². The molecule has 0 aromatic heterocycles. The second-order valence-electron chi connectivity index (χ2n) is 5.10. The summed E-state index contributed by atoms with van der Waals surface area (Å²) in [5.41, 5.74) is 5.67. The highest BCUT2D eigenvalue weighted by atomic mass is 16.2. The first-order chi connectivity index (χ1) is 8.67. The second-order valence-corrected chi connectivity index (χ2v) is 5.10. The minimum Gasteiger partial charge on any atom is -0.355 e. The van der Waals surface area contributed by atoms with Crippen molar-refractivity contribution >= 4 is 5.91 Å². The van der Waals surface area contributed by atoms with E-state index in [4.69, 9.17) is 5.73 Å². The summed E-state index contributed by atoms with van der Waals surface area (Å²) in [6, 6.07) is 0.450. The minimum atomic E-state index is 0.156. The van der Waals surface area contributed by atoms with Crippen molar-refractivity contribution in [1.29, 1.82) is 0 Å². The third-order valence-corrected chi connectivity index (χ3v) is 3.59. The zero-order chi connectivity index (χ0) is 13.4. The maximum atomic E-state index is 11.7. The Balaban J connectivity index is 2.17. The molecule has 106 valence electrons. The maximum Gasteiger partial charge on any atom is 0.234 e. The average molecular weight is 256 g/mol. The summed E-state index contributed by atoms with van der Waals surface area (Å²) < 4.78 is 0. The third kappa shape index (κ3) is 5.33. The van der Waals surface area contributed by atoms with Crippen LogP contribution in [0, 0.1) is 0 Å². The van der Waals surface area contributed by atoms with E-state index < -0.39 is 0 Å². The molecule has 1 saturated heterocycles. The predicted octanol–water partition coefficient (Wildman–Crippen LogP) is -0.132. The second kappa shape index (κ2) is 8.45. The third-order valence-electron chi connectivity index (χ3n) is 3.59. The predicted molar refractivity (Wildman–Crippen MR) is 74.4 cm³/mol. The molecule has 0 bridgehead atoms. The number of hydrogen-bond donors (Lipinski definition) is 2. The number of carbonyl (C=O) groups is 1. The number of rotatable bonds is 7. The largest absolute Gasteiger partial charge is 0.355 e. The van der Waals surface area contributed by atoms with Crippen molar-refractivity contribution in [2.75, 3.05) is 45.8 Å². The van der Waals surface area contributed by atoms with E-state index in [0.717, 1.165) is 45.6 Å². The van der Waals surface area contributed by atoms with Gasteiger partial charge in [-0.25, -0.2) is 0 Å². The molecule has 5 heteroatoms. The molecule has 0 radical (unpaired) electrons. The van der Waals surface area contributed by atoms with Crippen molar-refractivity contribution in [1.82, 2.24) is 15.1 Å².